The number of carbonyl (C=O) groups is 1. The number of hydrogen-bond donors (Lipinski definition) is 1. The Morgan fingerprint density at radius 1 is 1.21 bits per heavy atom. The Morgan fingerprint density at radius 2 is 2.00 bits per heavy atom. The van der Waals surface area contributed by atoms with E-state index in [4.69, 9.17) is 14.6 Å². The molecule has 19 heavy (non-hydrogen) atoms. The third kappa shape index (κ3) is 3.01. The third-order valence-electron chi connectivity index (χ3n) is 2.49. The Balaban J connectivity index is 2.32. The van der Waals surface area contributed by atoms with Gasteiger partial charge in [-0.2, -0.15) is 0 Å². The van der Waals surface area contributed by atoms with Gasteiger partial charge in [0, 0.05) is 11.8 Å². The fourth-order valence-corrected chi connectivity index (χ4v) is 1.57. The molecule has 0 spiro atoms. The number of carboxylic acids is 1. The van der Waals surface area contributed by atoms with Crippen molar-refractivity contribution in [2.45, 2.75) is 6.92 Å². The van der Waals surface area contributed by atoms with Crippen molar-refractivity contribution in [3.8, 4) is 17.4 Å². The fraction of sp³-hybridized carbons (Fsp3) is 0.143. The lowest BCUT2D eigenvalue weighted by Gasteiger charge is -2.10. The summed E-state index contributed by atoms with van der Waals surface area (Å²) in [5.74, 6) is 0.189. The van der Waals surface area contributed by atoms with Crippen LogP contribution in [0.2, 0.25) is 0 Å². The second-order valence-corrected chi connectivity index (χ2v) is 3.89. The molecular formula is C14H13NO4. The number of carboxylic acid groups (broad SMARTS) is 1. The molecule has 0 aliphatic rings. The van der Waals surface area contributed by atoms with Crippen molar-refractivity contribution in [1.82, 2.24) is 4.98 Å². The molecule has 1 aromatic heterocycles. The van der Waals surface area contributed by atoms with Gasteiger partial charge >= 0.3 is 5.97 Å². The van der Waals surface area contributed by atoms with Crippen LogP contribution in [0.3, 0.4) is 0 Å². The zero-order valence-electron chi connectivity index (χ0n) is 10.6. The van der Waals surface area contributed by atoms with Crippen molar-refractivity contribution < 1.29 is 19.4 Å². The van der Waals surface area contributed by atoms with Crippen molar-refractivity contribution in [2.24, 2.45) is 0 Å². The third-order valence-corrected chi connectivity index (χ3v) is 2.49. The van der Waals surface area contributed by atoms with Crippen LogP contribution in [0.15, 0.2) is 36.4 Å². The van der Waals surface area contributed by atoms with E-state index in [2.05, 4.69) is 4.98 Å². The van der Waals surface area contributed by atoms with E-state index in [9.17, 15) is 4.79 Å². The van der Waals surface area contributed by atoms with Crippen molar-refractivity contribution in [3.05, 3.63) is 47.7 Å². The predicted molar refractivity (Wildman–Crippen MR) is 69.0 cm³/mol. The molecule has 5 heteroatoms. The van der Waals surface area contributed by atoms with Gasteiger partial charge in [0.2, 0.25) is 5.88 Å². The smallest absolute Gasteiger partial charge is 0.335 e. The van der Waals surface area contributed by atoms with Gasteiger partial charge in [-0.25, -0.2) is 9.78 Å². The highest BCUT2D eigenvalue weighted by atomic mass is 16.5. The summed E-state index contributed by atoms with van der Waals surface area (Å²) in [5, 5.41) is 8.91. The highest BCUT2D eigenvalue weighted by molar-refractivity contribution is 5.88. The standard InChI is InChI=1S/C14H13NO4/c1-9-4-3-5-13(15-9)19-11-7-6-10(14(16)17)8-12(11)18-2/h3-8H,1-2H3,(H,16,17). The van der Waals surface area contributed by atoms with E-state index in [0.717, 1.165) is 5.69 Å². The molecule has 0 aliphatic carbocycles. The van der Waals surface area contributed by atoms with Crippen LogP contribution in [-0.2, 0) is 0 Å². The molecule has 1 N–H and O–H groups in total. The summed E-state index contributed by atoms with van der Waals surface area (Å²) in [5.41, 5.74) is 0.972. The lowest BCUT2D eigenvalue weighted by atomic mass is 10.2. The van der Waals surface area contributed by atoms with Gasteiger partial charge in [0.25, 0.3) is 0 Å². The minimum absolute atomic E-state index is 0.140. The zero-order chi connectivity index (χ0) is 13.8. The summed E-state index contributed by atoms with van der Waals surface area (Å²) in [6.07, 6.45) is 0. The SMILES string of the molecule is COc1cc(C(=O)O)ccc1Oc1cccc(C)n1. The first-order chi connectivity index (χ1) is 9.10. The lowest BCUT2D eigenvalue weighted by molar-refractivity contribution is 0.0696. The van der Waals surface area contributed by atoms with E-state index in [0.29, 0.717) is 17.4 Å². The van der Waals surface area contributed by atoms with E-state index in [1.165, 1.54) is 19.2 Å². The number of ether oxygens (including phenoxy) is 2. The Kier molecular flexibility index (Phi) is 3.66. The maximum atomic E-state index is 10.9. The van der Waals surface area contributed by atoms with Gasteiger partial charge in [-0.05, 0) is 31.2 Å². The van der Waals surface area contributed by atoms with Crippen LogP contribution in [0.5, 0.6) is 17.4 Å². The molecular weight excluding hydrogens is 246 g/mol. The van der Waals surface area contributed by atoms with Crippen LogP contribution in [0.4, 0.5) is 0 Å². The number of pyridine rings is 1. The number of benzene rings is 1. The molecule has 0 saturated carbocycles. The minimum Gasteiger partial charge on any atom is -0.493 e. The first-order valence-electron chi connectivity index (χ1n) is 5.63. The summed E-state index contributed by atoms with van der Waals surface area (Å²) in [4.78, 5) is 15.1. The molecule has 0 unspecified atom stereocenters. The van der Waals surface area contributed by atoms with E-state index < -0.39 is 5.97 Å². The van der Waals surface area contributed by atoms with Crippen molar-refractivity contribution in [3.63, 3.8) is 0 Å². The predicted octanol–water partition coefficient (Wildman–Crippen LogP) is 2.89. The molecule has 98 valence electrons. The molecule has 0 atom stereocenters. The fourth-order valence-electron chi connectivity index (χ4n) is 1.57. The first kappa shape index (κ1) is 12.9. The second-order valence-electron chi connectivity index (χ2n) is 3.89. The summed E-state index contributed by atoms with van der Waals surface area (Å²) in [6, 6.07) is 9.82. The summed E-state index contributed by atoms with van der Waals surface area (Å²) < 4.78 is 10.7. The number of rotatable bonds is 4. The molecule has 1 aromatic carbocycles. The van der Waals surface area contributed by atoms with Gasteiger partial charge in [-0.3, -0.25) is 0 Å². The lowest BCUT2D eigenvalue weighted by Crippen LogP contribution is -1.98. The van der Waals surface area contributed by atoms with Gasteiger partial charge in [0.1, 0.15) is 0 Å². The average molecular weight is 259 g/mol. The van der Waals surface area contributed by atoms with Crippen LogP contribution < -0.4 is 9.47 Å². The van der Waals surface area contributed by atoms with Crippen LogP contribution in [0.25, 0.3) is 0 Å². The van der Waals surface area contributed by atoms with Crippen LogP contribution in [0, 0.1) is 6.92 Å². The van der Waals surface area contributed by atoms with Crippen molar-refractivity contribution >= 4 is 5.97 Å². The highest BCUT2D eigenvalue weighted by Gasteiger charge is 2.11. The molecule has 0 bridgehead atoms. The van der Waals surface area contributed by atoms with Crippen molar-refractivity contribution in [2.75, 3.05) is 7.11 Å². The molecule has 0 radical (unpaired) electrons. The van der Waals surface area contributed by atoms with Gasteiger partial charge in [0.05, 0.1) is 12.7 Å². The monoisotopic (exact) mass is 259 g/mol. The van der Waals surface area contributed by atoms with Gasteiger partial charge < -0.3 is 14.6 Å². The van der Waals surface area contributed by atoms with Crippen LogP contribution in [-0.4, -0.2) is 23.2 Å². The second kappa shape index (κ2) is 5.39. The normalized spacial score (nSPS) is 10.0. The number of aryl methyl sites for hydroxylation is 1. The van der Waals surface area contributed by atoms with E-state index in [1.807, 2.05) is 19.1 Å². The zero-order valence-corrected chi connectivity index (χ0v) is 10.6. The van der Waals surface area contributed by atoms with E-state index in [1.54, 1.807) is 12.1 Å². The van der Waals surface area contributed by atoms with Gasteiger partial charge in [-0.1, -0.05) is 6.07 Å². The molecule has 2 aromatic rings. The average Bonchev–Trinajstić information content (AvgIpc) is 2.39. The molecule has 0 amide bonds. The Morgan fingerprint density at radius 3 is 2.63 bits per heavy atom. The highest BCUT2D eigenvalue weighted by Crippen LogP contribution is 2.31. The number of nitrogens with zero attached hydrogens (tertiary/aromatic N) is 1. The summed E-state index contributed by atoms with van der Waals surface area (Å²) >= 11 is 0. The number of hydrogen-bond acceptors (Lipinski definition) is 4. The largest absolute Gasteiger partial charge is 0.493 e. The number of methoxy groups -OCH3 is 1. The molecule has 0 fully saturated rings. The maximum Gasteiger partial charge on any atom is 0.335 e. The van der Waals surface area contributed by atoms with Crippen LogP contribution >= 0.6 is 0 Å². The van der Waals surface area contributed by atoms with E-state index in [-0.39, 0.29) is 5.56 Å². The summed E-state index contributed by atoms with van der Waals surface area (Å²) in [6.45, 7) is 1.86. The molecule has 0 aliphatic heterocycles. The number of aromatic carboxylic acids is 1. The number of aromatic nitrogens is 1. The van der Waals surface area contributed by atoms with E-state index >= 15 is 0 Å². The minimum atomic E-state index is -1.02. The Hall–Kier alpha value is -2.56. The molecule has 5 nitrogen and oxygen atoms in total. The molecule has 1 heterocycles. The van der Waals surface area contributed by atoms with Gasteiger partial charge in [0.15, 0.2) is 11.5 Å². The Labute approximate surface area is 110 Å². The Bertz CT molecular complexity index is 610. The molecule has 2 rings (SSSR count). The maximum absolute atomic E-state index is 10.9. The van der Waals surface area contributed by atoms with Crippen LogP contribution in [0.1, 0.15) is 16.1 Å². The van der Waals surface area contributed by atoms with Crippen molar-refractivity contribution in [1.29, 1.82) is 0 Å². The first-order valence-corrected chi connectivity index (χ1v) is 5.63. The topological polar surface area (TPSA) is 68.7 Å². The van der Waals surface area contributed by atoms with Gasteiger partial charge in [-0.15, -0.1) is 0 Å². The quantitative estimate of drug-likeness (QED) is 0.914. The summed E-state index contributed by atoms with van der Waals surface area (Å²) in [7, 11) is 1.46. The molecule has 0 saturated heterocycles.